The summed E-state index contributed by atoms with van der Waals surface area (Å²) in [7, 11) is 0. The molecule has 1 aromatic carbocycles. The monoisotopic (exact) mass is 234 g/mol. The summed E-state index contributed by atoms with van der Waals surface area (Å²) < 4.78 is 5.35. The van der Waals surface area contributed by atoms with Gasteiger partial charge in [0.05, 0.1) is 0 Å². The Labute approximate surface area is 102 Å². The first-order chi connectivity index (χ1) is 8.26. The zero-order valence-corrected chi connectivity index (χ0v) is 10.0. The molecule has 1 unspecified atom stereocenters. The van der Waals surface area contributed by atoms with Gasteiger partial charge < -0.3 is 15.2 Å². The van der Waals surface area contributed by atoms with Crippen molar-refractivity contribution in [3.8, 4) is 11.8 Å². The first kappa shape index (κ1) is 13.5. The van der Waals surface area contributed by atoms with Crippen molar-refractivity contribution in [3.63, 3.8) is 0 Å². The highest BCUT2D eigenvalue weighted by molar-refractivity contribution is 5.27. The average Bonchev–Trinajstić information content (AvgIpc) is 2.36. The Kier molecular flexibility index (Phi) is 6.08. The SMILES string of the molecule is CC(C#N)Oc1ccc(CNCCCO)cc1. The number of ether oxygens (including phenoxy) is 1. The molecule has 0 bridgehead atoms. The van der Waals surface area contributed by atoms with Crippen molar-refractivity contribution in [2.24, 2.45) is 0 Å². The van der Waals surface area contributed by atoms with Crippen LogP contribution in [0.4, 0.5) is 0 Å². The minimum Gasteiger partial charge on any atom is -0.476 e. The van der Waals surface area contributed by atoms with Gasteiger partial charge >= 0.3 is 0 Å². The van der Waals surface area contributed by atoms with E-state index in [0.717, 1.165) is 25.1 Å². The average molecular weight is 234 g/mol. The van der Waals surface area contributed by atoms with Gasteiger partial charge in [-0.3, -0.25) is 0 Å². The molecule has 0 fully saturated rings. The van der Waals surface area contributed by atoms with Crippen molar-refractivity contribution in [2.45, 2.75) is 26.0 Å². The predicted molar refractivity (Wildman–Crippen MR) is 65.6 cm³/mol. The van der Waals surface area contributed by atoms with E-state index in [1.807, 2.05) is 30.3 Å². The second-order valence-corrected chi connectivity index (χ2v) is 3.79. The summed E-state index contributed by atoms with van der Waals surface area (Å²) in [6, 6.07) is 9.66. The quantitative estimate of drug-likeness (QED) is 0.701. The molecule has 1 atom stereocenters. The number of rotatable bonds is 7. The van der Waals surface area contributed by atoms with Crippen molar-refractivity contribution >= 4 is 0 Å². The van der Waals surface area contributed by atoms with Crippen LogP contribution >= 0.6 is 0 Å². The van der Waals surface area contributed by atoms with Gasteiger partial charge in [0, 0.05) is 13.2 Å². The number of aliphatic hydroxyl groups excluding tert-OH is 1. The molecule has 2 N–H and O–H groups in total. The standard InChI is InChI=1S/C13H18N2O2/c1-11(9-14)17-13-5-3-12(4-6-13)10-15-7-2-8-16/h3-6,11,15-16H,2,7-8,10H2,1H3. The highest BCUT2D eigenvalue weighted by Gasteiger charge is 2.01. The van der Waals surface area contributed by atoms with Crippen molar-refractivity contribution in [1.29, 1.82) is 5.26 Å². The first-order valence-electron chi connectivity index (χ1n) is 5.73. The van der Waals surface area contributed by atoms with Gasteiger partial charge in [-0.1, -0.05) is 12.1 Å². The molecule has 1 rings (SSSR count). The Morgan fingerprint density at radius 1 is 1.41 bits per heavy atom. The lowest BCUT2D eigenvalue weighted by atomic mass is 10.2. The first-order valence-corrected chi connectivity index (χ1v) is 5.73. The summed E-state index contributed by atoms with van der Waals surface area (Å²) in [5.74, 6) is 0.707. The molecular weight excluding hydrogens is 216 g/mol. The number of hydrogen-bond donors (Lipinski definition) is 2. The number of nitrogens with zero attached hydrogens (tertiary/aromatic N) is 1. The molecule has 0 spiro atoms. The van der Waals surface area contributed by atoms with Crippen LogP contribution < -0.4 is 10.1 Å². The Balaban J connectivity index is 2.37. The van der Waals surface area contributed by atoms with Gasteiger partial charge in [-0.2, -0.15) is 5.26 Å². The lowest BCUT2D eigenvalue weighted by Crippen LogP contribution is -2.15. The third-order valence-electron chi connectivity index (χ3n) is 2.26. The molecule has 0 aromatic heterocycles. The number of aliphatic hydroxyl groups is 1. The Bertz CT molecular complexity index is 357. The van der Waals surface area contributed by atoms with Crippen molar-refractivity contribution in [3.05, 3.63) is 29.8 Å². The fourth-order valence-electron chi connectivity index (χ4n) is 1.35. The summed E-state index contributed by atoms with van der Waals surface area (Å²) in [4.78, 5) is 0. The zero-order valence-electron chi connectivity index (χ0n) is 10.0. The number of nitrogens with one attached hydrogen (secondary N) is 1. The second-order valence-electron chi connectivity index (χ2n) is 3.79. The van der Waals surface area contributed by atoms with Gasteiger partial charge in [-0.25, -0.2) is 0 Å². The van der Waals surface area contributed by atoms with Crippen LogP contribution in [0.3, 0.4) is 0 Å². The van der Waals surface area contributed by atoms with Gasteiger partial charge in [-0.15, -0.1) is 0 Å². The molecule has 0 heterocycles. The molecule has 17 heavy (non-hydrogen) atoms. The van der Waals surface area contributed by atoms with Gasteiger partial charge in [0.15, 0.2) is 6.10 Å². The maximum Gasteiger partial charge on any atom is 0.181 e. The Morgan fingerprint density at radius 3 is 2.71 bits per heavy atom. The van der Waals surface area contributed by atoms with E-state index in [9.17, 15) is 0 Å². The van der Waals surface area contributed by atoms with E-state index in [-0.39, 0.29) is 6.61 Å². The van der Waals surface area contributed by atoms with Gasteiger partial charge in [0.2, 0.25) is 0 Å². The maximum atomic E-state index is 8.62. The lowest BCUT2D eigenvalue weighted by Gasteiger charge is -2.08. The molecule has 0 aliphatic carbocycles. The molecule has 0 aliphatic rings. The van der Waals surface area contributed by atoms with E-state index in [0.29, 0.717) is 5.75 Å². The van der Waals surface area contributed by atoms with E-state index < -0.39 is 6.10 Å². The van der Waals surface area contributed by atoms with Crippen LogP contribution in [0.1, 0.15) is 18.9 Å². The van der Waals surface area contributed by atoms with E-state index in [1.165, 1.54) is 0 Å². The third kappa shape index (κ3) is 5.34. The van der Waals surface area contributed by atoms with Crippen LogP contribution in [-0.2, 0) is 6.54 Å². The highest BCUT2D eigenvalue weighted by atomic mass is 16.5. The minimum atomic E-state index is -0.427. The molecule has 0 saturated carbocycles. The van der Waals surface area contributed by atoms with E-state index in [2.05, 4.69) is 5.32 Å². The van der Waals surface area contributed by atoms with Crippen molar-refractivity contribution in [1.82, 2.24) is 5.32 Å². The molecule has 0 saturated heterocycles. The topological polar surface area (TPSA) is 65.3 Å². The summed E-state index contributed by atoms with van der Waals surface area (Å²) >= 11 is 0. The summed E-state index contributed by atoms with van der Waals surface area (Å²) in [5, 5.41) is 20.5. The molecule has 4 nitrogen and oxygen atoms in total. The largest absolute Gasteiger partial charge is 0.476 e. The van der Waals surface area contributed by atoms with Gasteiger partial charge in [-0.05, 0) is 37.6 Å². The summed E-state index contributed by atoms with van der Waals surface area (Å²) in [5.41, 5.74) is 1.15. The molecule has 92 valence electrons. The third-order valence-corrected chi connectivity index (χ3v) is 2.26. The molecule has 0 amide bonds. The van der Waals surface area contributed by atoms with Crippen LogP contribution in [0.15, 0.2) is 24.3 Å². The summed E-state index contributed by atoms with van der Waals surface area (Å²) in [6.07, 6.45) is 0.337. The number of benzene rings is 1. The van der Waals surface area contributed by atoms with Crippen LogP contribution in [0.2, 0.25) is 0 Å². The molecule has 1 aromatic rings. The molecule has 0 aliphatic heterocycles. The van der Waals surface area contributed by atoms with E-state index >= 15 is 0 Å². The number of hydrogen-bond acceptors (Lipinski definition) is 4. The maximum absolute atomic E-state index is 8.62. The lowest BCUT2D eigenvalue weighted by molar-refractivity contribution is 0.276. The van der Waals surface area contributed by atoms with Crippen LogP contribution in [0, 0.1) is 11.3 Å². The molecule has 0 radical (unpaired) electrons. The summed E-state index contributed by atoms with van der Waals surface area (Å²) in [6.45, 7) is 3.50. The van der Waals surface area contributed by atoms with Crippen LogP contribution in [0.25, 0.3) is 0 Å². The molecular formula is C13H18N2O2. The van der Waals surface area contributed by atoms with Gasteiger partial charge in [0.1, 0.15) is 11.8 Å². The zero-order chi connectivity index (χ0) is 12.5. The van der Waals surface area contributed by atoms with Crippen LogP contribution in [0.5, 0.6) is 5.75 Å². The van der Waals surface area contributed by atoms with E-state index in [4.69, 9.17) is 15.1 Å². The van der Waals surface area contributed by atoms with E-state index in [1.54, 1.807) is 6.92 Å². The fraction of sp³-hybridized carbons (Fsp3) is 0.462. The normalized spacial score (nSPS) is 11.8. The number of nitriles is 1. The smallest absolute Gasteiger partial charge is 0.181 e. The van der Waals surface area contributed by atoms with Gasteiger partial charge in [0.25, 0.3) is 0 Å². The van der Waals surface area contributed by atoms with Crippen LogP contribution in [-0.4, -0.2) is 24.4 Å². The fourth-order valence-corrected chi connectivity index (χ4v) is 1.35. The predicted octanol–water partition coefficient (Wildman–Crippen LogP) is 1.45. The highest BCUT2D eigenvalue weighted by Crippen LogP contribution is 2.13. The second kappa shape index (κ2) is 7.66. The molecule has 4 heteroatoms. The Morgan fingerprint density at radius 2 is 2.12 bits per heavy atom. The minimum absolute atomic E-state index is 0.214. The van der Waals surface area contributed by atoms with Crippen molar-refractivity contribution in [2.75, 3.05) is 13.2 Å². The van der Waals surface area contributed by atoms with Crippen molar-refractivity contribution < 1.29 is 9.84 Å². The Hall–Kier alpha value is -1.57.